The van der Waals surface area contributed by atoms with Gasteiger partial charge in [-0.3, -0.25) is 0 Å². The van der Waals surface area contributed by atoms with Crippen LogP contribution in [0, 0.1) is 6.92 Å². The van der Waals surface area contributed by atoms with Crippen LogP contribution in [0.15, 0.2) is 6.20 Å². The van der Waals surface area contributed by atoms with Crippen LogP contribution in [0.3, 0.4) is 0 Å². The lowest BCUT2D eigenvalue weighted by molar-refractivity contribution is 0.333. The van der Waals surface area contributed by atoms with Crippen LogP contribution < -0.4 is 5.32 Å². The maximum atomic E-state index is 4.08. The van der Waals surface area contributed by atoms with Crippen molar-refractivity contribution in [2.75, 3.05) is 13.1 Å². The maximum Gasteiger partial charge on any atom is 0.0722 e. The SMILES string of the molecule is Cc1cnnn1C1CCNCC1.Cl.Cl. The predicted octanol–water partition coefficient (Wildman–Crippen LogP) is 1.35. The number of nitrogens with zero attached hydrogens (tertiary/aromatic N) is 3. The van der Waals surface area contributed by atoms with Gasteiger partial charge in [0.05, 0.1) is 17.9 Å². The third-order valence-corrected chi connectivity index (χ3v) is 2.41. The van der Waals surface area contributed by atoms with Gasteiger partial charge < -0.3 is 5.32 Å². The Morgan fingerprint density at radius 3 is 2.50 bits per heavy atom. The van der Waals surface area contributed by atoms with E-state index >= 15 is 0 Å². The first kappa shape index (κ1) is 13.7. The molecule has 0 bridgehead atoms. The van der Waals surface area contributed by atoms with Crippen molar-refractivity contribution in [3.63, 3.8) is 0 Å². The van der Waals surface area contributed by atoms with E-state index in [2.05, 4.69) is 22.6 Å². The Kier molecular flexibility index (Phi) is 6.08. The van der Waals surface area contributed by atoms with Crippen molar-refractivity contribution in [2.45, 2.75) is 25.8 Å². The molecule has 0 aromatic carbocycles. The quantitative estimate of drug-likeness (QED) is 0.804. The van der Waals surface area contributed by atoms with Gasteiger partial charge >= 0.3 is 0 Å². The van der Waals surface area contributed by atoms with Crippen molar-refractivity contribution in [1.82, 2.24) is 20.3 Å². The van der Waals surface area contributed by atoms with Crippen molar-refractivity contribution >= 4 is 24.8 Å². The molecular formula is C8H16Cl2N4. The van der Waals surface area contributed by atoms with Crippen LogP contribution >= 0.6 is 24.8 Å². The van der Waals surface area contributed by atoms with Crippen molar-refractivity contribution in [3.05, 3.63) is 11.9 Å². The Labute approximate surface area is 96.3 Å². The zero-order valence-corrected chi connectivity index (χ0v) is 9.77. The molecule has 1 saturated heterocycles. The van der Waals surface area contributed by atoms with E-state index in [1.165, 1.54) is 18.5 Å². The summed E-state index contributed by atoms with van der Waals surface area (Å²) in [6.07, 6.45) is 4.16. The third kappa shape index (κ3) is 2.83. The van der Waals surface area contributed by atoms with Gasteiger partial charge in [0.25, 0.3) is 0 Å². The third-order valence-electron chi connectivity index (χ3n) is 2.41. The van der Waals surface area contributed by atoms with Crippen LogP contribution in [-0.4, -0.2) is 28.1 Å². The molecule has 0 atom stereocenters. The second-order valence-electron chi connectivity index (χ2n) is 3.30. The Morgan fingerprint density at radius 2 is 2.00 bits per heavy atom. The number of piperidine rings is 1. The highest BCUT2D eigenvalue weighted by molar-refractivity contribution is 5.85. The molecule has 1 aliphatic heterocycles. The molecule has 4 nitrogen and oxygen atoms in total. The minimum absolute atomic E-state index is 0. The molecule has 0 radical (unpaired) electrons. The van der Waals surface area contributed by atoms with E-state index in [1.54, 1.807) is 0 Å². The highest BCUT2D eigenvalue weighted by atomic mass is 35.5. The molecule has 0 aliphatic carbocycles. The van der Waals surface area contributed by atoms with Gasteiger partial charge in [0.2, 0.25) is 0 Å². The summed E-state index contributed by atoms with van der Waals surface area (Å²) < 4.78 is 2.04. The molecule has 1 N–H and O–H groups in total. The molecule has 0 unspecified atom stereocenters. The van der Waals surface area contributed by atoms with Crippen molar-refractivity contribution in [2.24, 2.45) is 0 Å². The molecule has 1 aromatic heterocycles. The fourth-order valence-corrected chi connectivity index (χ4v) is 1.71. The lowest BCUT2D eigenvalue weighted by Crippen LogP contribution is -2.30. The first-order valence-electron chi connectivity index (χ1n) is 4.45. The maximum absolute atomic E-state index is 4.08. The zero-order valence-electron chi connectivity index (χ0n) is 8.14. The summed E-state index contributed by atoms with van der Waals surface area (Å²) in [6, 6.07) is 0.564. The number of hydrogen-bond acceptors (Lipinski definition) is 3. The van der Waals surface area contributed by atoms with Crippen molar-refractivity contribution < 1.29 is 0 Å². The molecule has 6 heteroatoms. The Bertz CT molecular complexity index is 258. The normalized spacial score (nSPS) is 16.9. The van der Waals surface area contributed by atoms with Gasteiger partial charge in [-0.2, -0.15) is 0 Å². The minimum atomic E-state index is 0. The van der Waals surface area contributed by atoms with E-state index in [1.807, 2.05) is 10.9 Å². The topological polar surface area (TPSA) is 42.7 Å². The van der Waals surface area contributed by atoms with Gasteiger partial charge in [0.1, 0.15) is 0 Å². The first-order valence-corrected chi connectivity index (χ1v) is 4.45. The molecule has 0 saturated carbocycles. The van der Waals surface area contributed by atoms with E-state index in [-0.39, 0.29) is 24.8 Å². The molecule has 2 heterocycles. The zero-order chi connectivity index (χ0) is 8.39. The Hall–Kier alpha value is -0.320. The minimum Gasteiger partial charge on any atom is -0.317 e. The smallest absolute Gasteiger partial charge is 0.0722 e. The first-order chi connectivity index (χ1) is 5.88. The molecule has 2 rings (SSSR count). The number of aromatic nitrogens is 3. The monoisotopic (exact) mass is 238 g/mol. The highest BCUT2D eigenvalue weighted by Crippen LogP contribution is 2.17. The van der Waals surface area contributed by atoms with E-state index in [9.17, 15) is 0 Å². The lowest BCUT2D eigenvalue weighted by atomic mass is 10.1. The molecule has 1 aromatic rings. The van der Waals surface area contributed by atoms with E-state index in [0.717, 1.165) is 13.1 Å². The predicted molar refractivity (Wildman–Crippen MR) is 60.4 cm³/mol. The largest absolute Gasteiger partial charge is 0.317 e. The van der Waals surface area contributed by atoms with Crippen LogP contribution in [0.25, 0.3) is 0 Å². The molecular weight excluding hydrogens is 223 g/mol. The van der Waals surface area contributed by atoms with E-state index in [0.29, 0.717) is 6.04 Å². The lowest BCUT2D eigenvalue weighted by Gasteiger charge is -2.23. The van der Waals surface area contributed by atoms with Gasteiger partial charge in [-0.15, -0.1) is 29.9 Å². The molecule has 1 fully saturated rings. The summed E-state index contributed by atoms with van der Waals surface area (Å²) >= 11 is 0. The van der Waals surface area contributed by atoms with Gasteiger partial charge in [-0.1, -0.05) is 5.21 Å². The Balaban J connectivity index is 0.000000845. The summed E-state index contributed by atoms with van der Waals surface area (Å²) in [5.41, 5.74) is 1.17. The van der Waals surface area contributed by atoms with Crippen LogP contribution in [0.1, 0.15) is 24.6 Å². The number of aryl methyl sites for hydroxylation is 1. The van der Waals surface area contributed by atoms with Gasteiger partial charge in [-0.25, -0.2) is 4.68 Å². The molecule has 14 heavy (non-hydrogen) atoms. The van der Waals surface area contributed by atoms with Crippen LogP contribution in [0.2, 0.25) is 0 Å². The average molecular weight is 239 g/mol. The summed E-state index contributed by atoms with van der Waals surface area (Å²) in [6.45, 7) is 4.26. The summed E-state index contributed by atoms with van der Waals surface area (Å²) in [4.78, 5) is 0. The summed E-state index contributed by atoms with van der Waals surface area (Å²) in [5, 5.41) is 11.3. The Morgan fingerprint density at radius 1 is 1.36 bits per heavy atom. The van der Waals surface area contributed by atoms with Crippen molar-refractivity contribution in [1.29, 1.82) is 0 Å². The van der Waals surface area contributed by atoms with Gasteiger partial charge in [0.15, 0.2) is 0 Å². The standard InChI is InChI=1S/C8H14N4.2ClH/c1-7-6-10-11-12(7)8-2-4-9-5-3-8;;/h6,8-9H,2-5H2,1H3;2*1H. The second-order valence-corrected chi connectivity index (χ2v) is 3.30. The van der Waals surface area contributed by atoms with E-state index in [4.69, 9.17) is 0 Å². The van der Waals surface area contributed by atoms with Crippen LogP contribution in [0.5, 0.6) is 0 Å². The van der Waals surface area contributed by atoms with Crippen LogP contribution in [-0.2, 0) is 0 Å². The summed E-state index contributed by atoms with van der Waals surface area (Å²) in [7, 11) is 0. The molecule has 0 spiro atoms. The number of hydrogen-bond donors (Lipinski definition) is 1. The van der Waals surface area contributed by atoms with E-state index < -0.39 is 0 Å². The van der Waals surface area contributed by atoms with Crippen LogP contribution in [0.4, 0.5) is 0 Å². The number of nitrogens with one attached hydrogen (secondary N) is 1. The molecule has 0 amide bonds. The van der Waals surface area contributed by atoms with Gasteiger partial charge in [-0.05, 0) is 32.9 Å². The molecule has 82 valence electrons. The average Bonchev–Trinajstić information content (AvgIpc) is 2.53. The molecule has 1 aliphatic rings. The summed E-state index contributed by atoms with van der Waals surface area (Å²) in [5.74, 6) is 0. The fourth-order valence-electron chi connectivity index (χ4n) is 1.71. The van der Waals surface area contributed by atoms with Crippen molar-refractivity contribution in [3.8, 4) is 0 Å². The highest BCUT2D eigenvalue weighted by Gasteiger charge is 2.16. The van der Waals surface area contributed by atoms with Gasteiger partial charge in [0, 0.05) is 0 Å². The fraction of sp³-hybridized carbons (Fsp3) is 0.750. The second kappa shape index (κ2) is 6.22. The number of rotatable bonds is 1. The number of halogens is 2.